The summed E-state index contributed by atoms with van der Waals surface area (Å²) in [6, 6.07) is 87.9. The van der Waals surface area contributed by atoms with E-state index in [1.54, 1.807) is 0 Å². The Kier molecular flexibility index (Phi) is 8.86. The second kappa shape index (κ2) is 15.3. The van der Waals surface area contributed by atoms with Gasteiger partial charge in [0.15, 0.2) is 0 Å². The van der Waals surface area contributed by atoms with Gasteiger partial charge >= 0.3 is 0 Å². The summed E-state index contributed by atoms with van der Waals surface area (Å²) in [5.74, 6) is 0.934. The molecule has 0 spiro atoms. The quantitative estimate of drug-likeness (QED) is 0.147. The fourth-order valence-electron chi connectivity index (χ4n) is 9.62. The molecule has 0 saturated carbocycles. The smallest absolute Gasteiger partial charge is 0.145 e. The number of para-hydroxylation sites is 1. The van der Waals surface area contributed by atoms with Gasteiger partial charge in [0, 0.05) is 11.3 Å². The Balaban J connectivity index is 0.998. The molecule has 294 valence electrons. The lowest BCUT2D eigenvalue weighted by Crippen LogP contribution is -1.97. The Morgan fingerprint density at radius 1 is 0.286 bits per heavy atom. The minimum absolute atomic E-state index is 0.934. The lowest BCUT2D eigenvalue weighted by Gasteiger charge is -2.20. The van der Waals surface area contributed by atoms with E-state index in [2.05, 4.69) is 241 Å². The predicted molar refractivity (Wildman–Crippen MR) is 266 cm³/mol. The van der Waals surface area contributed by atoms with Gasteiger partial charge in [-0.05, 0) is 124 Å². The fraction of sp³-hybridized carbons (Fsp3) is 0. The van der Waals surface area contributed by atoms with Gasteiger partial charge in [-0.15, -0.1) is 0 Å². The molecule has 63 heavy (non-hydrogen) atoms. The average Bonchev–Trinajstić information content (AvgIpc) is 3.75. The van der Waals surface area contributed by atoms with Crippen molar-refractivity contribution in [1.29, 1.82) is 0 Å². The van der Waals surface area contributed by atoms with Crippen LogP contribution < -0.4 is 0 Å². The monoisotopic (exact) mass is 800 g/mol. The second-order valence-electron chi connectivity index (χ2n) is 16.3. The summed E-state index contributed by atoms with van der Waals surface area (Å²) < 4.78 is 2.26. The maximum Gasteiger partial charge on any atom is 0.145 e. The van der Waals surface area contributed by atoms with Crippen LogP contribution in [0.25, 0.3) is 116 Å². The molecule has 0 bridgehead atoms. The van der Waals surface area contributed by atoms with Crippen molar-refractivity contribution < 1.29 is 0 Å². The molecule has 1 heterocycles. The predicted octanol–water partition coefficient (Wildman–Crippen LogP) is 16.5. The molecule has 12 aromatic rings. The summed E-state index contributed by atoms with van der Waals surface area (Å²) in [5.41, 5.74) is 16.3. The number of rotatable bonds is 7. The van der Waals surface area contributed by atoms with Crippen LogP contribution in [0.2, 0.25) is 0 Å². The third-order valence-electron chi connectivity index (χ3n) is 12.6. The van der Waals surface area contributed by atoms with Crippen molar-refractivity contribution in [2.24, 2.45) is 0 Å². The minimum atomic E-state index is 0.934. The van der Waals surface area contributed by atoms with Gasteiger partial charge < -0.3 is 0 Å². The topological polar surface area (TPSA) is 17.8 Å². The molecule has 0 fully saturated rings. The van der Waals surface area contributed by atoms with Crippen LogP contribution in [0, 0.1) is 0 Å². The standard InChI is InChI=1S/C61H40N2/c1-5-17-44(18-6-1)59-54-36-33-49(52-27-15-23-43-16-13-14-26-51(43)52)39-56(54)60(45-19-7-2-8-20-45)53-35-32-47(38-55(53)59)41-28-30-42(31-29-41)48-34-37-58-57(40-48)62-61(46-21-9-3-10-22-46)63(58)50-24-11-4-12-25-50/h1-40H. The van der Waals surface area contributed by atoms with Crippen molar-refractivity contribution >= 4 is 43.4 Å². The molecule has 11 aromatic carbocycles. The lowest BCUT2D eigenvalue weighted by molar-refractivity contribution is 1.10. The van der Waals surface area contributed by atoms with Crippen molar-refractivity contribution in [3.63, 3.8) is 0 Å². The van der Waals surface area contributed by atoms with Crippen LogP contribution in [-0.2, 0) is 0 Å². The second-order valence-corrected chi connectivity index (χ2v) is 16.3. The molecule has 0 radical (unpaired) electrons. The molecule has 2 nitrogen and oxygen atoms in total. The van der Waals surface area contributed by atoms with E-state index in [4.69, 9.17) is 4.98 Å². The molecule has 0 aliphatic carbocycles. The van der Waals surface area contributed by atoms with Crippen molar-refractivity contribution in [2.75, 3.05) is 0 Å². The molecule has 0 aliphatic heterocycles. The van der Waals surface area contributed by atoms with Crippen molar-refractivity contribution in [2.45, 2.75) is 0 Å². The number of fused-ring (bicyclic) bond motifs is 4. The maximum atomic E-state index is 5.22. The van der Waals surface area contributed by atoms with E-state index < -0.39 is 0 Å². The average molecular weight is 801 g/mol. The zero-order valence-electron chi connectivity index (χ0n) is 34.5. The molecule has 2 heteroatoms. The molecule has 0 aliphatic rings. The van der Waals surface area contributed by atoms with Gasteiger partial charge in [-0.2, -0.15) is 0 Å². The molecule has 1 aromatic heterocycles. The van der Waals surface area contributed by atoms with Crippen LogP contribution in [0.5, 0.6) is 0 Å². The first kappa shape index (κ1) is 36.5. The number of hydrogen-bond donors (Lipinski definition) is 0. The summed E-state index contributed by atoms with van der Waals surface area (Å²) in [6.07, 6.45) is 0. The van der Waals surface area contributed by atoms with Gasteiger partial charge in [0.25, 0.3) is 0 Å². The first-order valence-electron chi connectivity index (χ1n) is 21.6. The van der Waals surface area contributed by atoms with E-state index in [9.17, 15) is 0 Å². The van der Waals surface area contributed by atoms with Gasteiger partial charge in [-0.3, -0.25) is 4.57 Å². The molecular formula is C61H40N2. The Bertz CT molecular complexity index is 3620. The Labute approximate surface area is 366 Å². The summed E-state index contributed by atoms with van der Waals surface area (Å²) in [5, 5.41) is 7.47. The zero-order chi connectivity index (χ0) is 41.7. The normalized spacial score (nSPS) is 11.5. The maximum absolute atomic E-state index is 5.22. The first-order valence-corrected chi connectivity index (χ1v) is 21.6. The van der Waals surface area contributed by atoms with Crippen molar-refractivity contribution in [1.82, 2.24) is 9.55 Å². The Morgan fingerprint density at radius 2 is 0.762 bits per heavy atom. The van der Waals surface area contributed by atoms with Gasteiger partial charge in [-0.1, -0.05) is 206 Å². The number of aromatic nitrogens is 2. The fourth-order valence-corrected chi connectivity index (χ4v) is 9.62. The van der Waals surface area contributed by atoms with Crippen molar-refractivity contribution in [3.05, 3.63) is 243 Å². The summed E-state index contributed by atoms with van der Waals surface area (Å²) in [7, 11) is 0. The van der Waals surface area contributed by atoms with Gasteiger partial charge in [-0.25, -0.2) is 4.98 Å². The number of hydrogen-bond acceptors (Lipinski definition) is 1. The largest absolute Gasteiger partial charge is 0.292 e. The summed E-state index contributed by atoms with van der Waals surface area (Å²) >= 11 is 0. The van der Waals surface area contributed by atoms with E-state index >= 15 is 0 Å². The molecule has 12 rings (SSSR count). The highest BCUT2D eigenvalue weighted by Crippen LogP contribution is 2.46. The highest BCUT2D eigenvalue weighted by Gasteiger charge is 2.20. The zero-order valence-corrected chi connectivity index (χ0v) is 34.5. The molecule has 0 N–H and O–H groups in total. The molecule has 0 atom stereocenters. The van der Waals surface area contributed by atoms with E-state index in [-0.39, 0.29) is 0 Å². The van der Waals surface area contributed by atoms with E-state index in [1.807, 2.05) is 6.07 Å². The van der Waals surface area contributed by atoms with Crippen LogP contribution in [0.15, 0.2) is 243 Å². The molecule has 0 unspecified atom stereocenters. The van der Waals surface area contributed by atoms with Gasteiger partial charge in [0.2, 0.25) is 0 Å². The van der Waals surface area contributed by atoms with Crippen molar-refractivity contribution in [3.8, 4) is 72.7 Å². The van der Waals surface area contributed by atoms with E-state index in [0.717, 1.165) is 39.2 Å². The van der Waals surface area contributed by atoms with Crippen LogP contribution >= 0.6 is 0 Å². The van der Waals surface area contributed by atoms with Crippen LogP contribution in [0.1, 0.15) is 0 Å². The summed E-state index contributed by atoms with van der Waals surface area (Å²) in [4.78, 5) is 5.22. The summed E-state index contributed by atoms with van der Waals surface area (Å²) in [6.45, 7) is 0. The van der Waals surface area contributed by atoms with Crippen LogP contribution in [0.4, 0.5) is 0 Å². The lowest BCUT2D eigenvalue weighted by atomic mass is 9.83. The Hall–Kier alpha value is -8.33. The minimum Gasteiger partial charge on any atom is -0.292 e. The van der Waals surface area contributed by atoms with Gasteiger partial charge in [0.05, 0.1) is 11.0 Å². The molecular weight excluding hydrogens is 761 g/mol. The number of benzene rings is 11. The number of nitrogens with zero attached hydrogens (tertiary/aromatic N) is 2. The Morgan fingerprint density at radius 3 is 1.40 bits per heavy atom. The highest BCUT2D eigenvalue weighted by atomic mass is 15.1. The van der Waals surface area contributed by atoms with E-state index in [0.29, 0.717) is 0 Å². The molecule has 0 saturated heterocycles. The SMILES string of the molecule is c1ccc(-c2c3ccc(-c4cccc5ccccc45)cc3c(-c3ccccc3)c3ccc(-c4ccc(-c5ccc6c(c5)nc(-c5ccccc5)n6-c5ccccc5)cc4)cc23)cc1. The van der Waals surface area contributed by atoms with Crippen LogP contribution in [-0.4, -0.2) is 9.55 Å². The van der Waals surface area contributed by atoms with E-state index in [1.165, 1.54) is 76.8 Å². The third-order valence-corrected chi connectivity index (χ3v) is 12.6. The third kappa shape index (κ3) is 6.40. The van der Waals surface area contributed by atoms with Gasteiger partial charge in [0.1, 0.15) is 5.82 Å². The van der Waals surface area contributed by atoms with Crippen LogP contribution in [0.3, 0.4) is 0 Å². The number of imidazole rings is 1. The highest BCUT2D eigenvalue weighted by molar-refractivity contribution is 6.22. The molecule has 0 amide bonds. The first-order chi connectivity index (χ1) is 31.2.